The van der Waals surface area contributed by atoms with E-state index < -0.39 is 29.3 Å². The normalized spacial score (nSPS) is 12.6. The monoisotopic (exact) mass is 337 g/mol. The molecule has 6 heteroatoms. The second-order valence-electron chi connectivity index (χ2n) is 5.48. The van der Waals surface area contributed by atoms with E-state index in [1.165, 1.54) is 25.3 Å². The van der Waals surface area contributed by atoms with Crippen LogP contribution < -0.4 is 10.1 Å². The van der Waals surface area contributed by atoms with Gasteiger partial charge in [-0.2, -0.15) is 13.2 Å². The molecule has 128 valence electrons. The van der Waals surface area contributed by atoms with Crippen LogP contribution >= 0.6 is 0 Å². The molecule has 0 saturated carbocycles. The van der Waals surface area contributed by atoms with E-state index in [9.17, 15) is 18.0 Å². The summed E-state index contributed by atoms with van der Waals surface area (Å²) in [6.07, 6.45) is -4.59. The zero-order valence-corrected chi connectivity index (χ0v) is 13.6. The first-order valence-corrected chi connectivity index (χ1v) is 7.35. The van der Waals surface area contributed by atoms with Gasteiger partial charge in [-0.15, -0.1) is 0 Å². The van der Waals surface area contributed by atoms with Gasteiger partial charge in [0.2, 0.25) is 0 Å². The minimum Gasteiger partial charge on any atom is -0.496 e. The predicted octanol–water partition coefficient (Wildman–Crippen LogP) is 4.51. The van der Waals surface area contributed by atoms with Gasteiger partial charge in [0.25, 0.3) is 5.91 Å². The summed E-state index contributed by atoms with van der Waals surface area (Å²) in [5.74, 6) is -0.212. The van der Waals surface area contributed by atoms with Crippen LogP contribution in [-0.4, -0.2) is 13.0 Å². The Morgan fingerprint density at radius 2 is 1.83 bits per heavy atom. The van der Waals surface area contributed by atoms with Crippen molar-refractivity contribution in [3.8, 4) is 5.75 Å². The van der Waals surface area contributed by atoms with E-state index in [2.05, 4.69) is 5.32 Å². The third-order valence-electron chi connectivity index (χ3n) is 3.68. The lowest BCUT2D eigenvalue weighted by Crippen LogP contribution is -2.29. The molecule has 0 fully saturated rings. The molecule has 0 radical (unpaired) electrons. The van der Waals surface area contributed by atoms with Crippen molar-refractivity contribution in [1.82, 2.24) is 5.32 Å². The van der Waals surface area contributed by atoms with Crippen molar-refractivity contribution < 1.29 is 22.7 Å². The number of nitrogens with one attached hydrogen (secondary N) is 1. The molecule has 2 aromatic rings. The molecule has 0 bridgehead atoms. The molecule has 2 rings (SSSR count). The molecular weight excluding hydrogens is 319 g/mol. The van der Waals surface area contributed by atoms with Crippen LogP contribution in [0.1, 0.15) is 40.0 Å². The van der Waals surface area contributed by atoms with Gasteiger partial charge in [0.15, 0.2) is 0 Å². The number of rotatable bonds is 4. The SMILES string of the molecule is COc1ccc(C)cc1C(C)NC(=O)c1ccccc1C(F)(F)F. The van der Waals surface area contributed by atoms with Gasteiger partial charge in [-0.25, -0.2) is 0 Å². The lowest BCUT2D eigenvalue weighted by atomic mass is 10.0. The molecule has 1 amide bonds. The molecule has 0 heterocycles. The smallest absolute Gasteiger partial charge is 0.417 e. The van der Waals surface area contributed by atoms with Gasteiger partial charge in [-0.05, 0) is 32.0 Å². The zero-order valence-electron chi connectivity index (χ0n) is 13.6. The summed E-state index contributed by atoms with van der Waals surface area (Å²) in [4.78, 5) is 12.3. The van der Waals surface area contributed by atoms with E-state index in [0.717, 1.165) is 11.6 Å². The third kappa shape index (κ3) is 3.88. The zero-order chi connectivity index (χ0) is 17.9. The highest BCUT2D eigenvalue weighted by atomic mass is 19.4. The van der Waals surface area contributed by atoms with Crippen molar-refractivity contribution in [1.29, 1.82) is 0 Å². The Labute approximate surface area is 138 Å². The molecule has 1 unspecified atom stereocenters. The van der Waals surface area contributed by atoms with Gasteiger partial charge >= 0.3 is 6.18 Å². The molecule has 3 nitrogen and oxygen atoms in total. The summed E-state index contributed by atoms with van der Waals surface area (Å²) in [5, 5.41) is 2.61. The molecular formula is C18H18F3NO2. The Hall–Kier alpha value is -2.50. The molecule has 0 aliphatic rings. The summed E-state index contributed by atoms with van der Waals surface area (Å²) >= 11 is 0. The topological polar surface area (TPSA) is 38.3 Å². The number of methoxy groups -OCH3 is 1. The fourth-order valence-corrected chi connectivity index (χ4v) is 2.47. The van der Waals surface area contributed by atoms with Crippen molar-refractivity contribution in [3.63, 3.8) is 0 Å². The third-order valence-corrected chi connectivity index (χ3v) is 3.68. The average Bonchev–Trinajstić information content (AvgIpc) is 2.53. The summed E-state index contributed by atoms with van der Waals surface area (Å²) < 4.78 is 44.4. The van der Waals surface area contributed by atoms with Crippen LogP contribution in [0.4, 0.5) is 13.2 Å². The first kappa shape index (κ1) is 17.8. The van der Waals surface area contributed by atoms with Gasteiger partial charge in [-0.1, -0.05) is 29.8 Å². The van der Waals surface area contributed by atoms with Crippen molar-refractivity contribution >= 4 is 5.91 Å². The lowest BCUT2D eigenvalue weighted by Gasteiger charge is -2.19. The molecule has 0 aromatic heterocycles. The molecule has 2 aromatic carbocycles. The maximum absolute atomic E-state index is 13.0. The number of aryl methyl sites for hydroxylation is 1. The second-order valence-corrected chi connectivity index (χ2v) is 5.48. The minimum absolute atomic E-state index is 0.400. The number of benzene rings is 2. The number of alkyl halides is 3. The van der Waals surface area contributed by atoms with Crippen molar-refractivity contribution in [3.05, 3.63) is 64.7 Å². The van der Waals surface area contributed by atoms with E-state index in [-0.39, 0.29) is 0 Å². The summed E-state index contributed by atoms with van der Waals surface area (Å²) in [6, 6.07) is 9.67. The summed E-state index contributed by atoms with van der Waals surface area (Å²) in [7, 11) is 1.50. The number of hydrogen-bond donors (Lipinski definition) is 1. The second kappa shape index (κ2) is 6.95. The Morgan fingerprint density at radius 3 is 2.46 bits per heavy atom. The number of amides is 1. The van der Waals surface area contributed by atoms with Crippen LogP contribution in [0.3, 0.4) is 0 Å². The van der Waals surface area contributed by atoms with Gasteiger partial charge in [0, 0.05) is 5.56 Å². The highest BCUT2D eigenvalue weighted by molar-refractivity contribution is 5.96. The number of carbonyl (C=O) groups is 1. The van der Waals surface area contributed by atoms with Crippen LogP contribution in [0.2, 0.25) is 0 Å². The standard InChI is InChI=1S/C18H18F3NO2/c1-11-8-9-16(24-3)14(10-11)12(2)22-17(23)13-6-4-5-7-15(13)18(19,20)21/h4-10,12H,1-3H3,(H,22,23). The van der Waals surface area contributed by atoms with Crippen molar-refractivity contribution in [2.75, 3.05) is 7.11 Å². The Bertz CT molecular complexity index is 741. The molecule has 1 atom stereocenters. The largest absolute Gasteiger partial charge is 0.496 e. The van der Waals surface area contributed by atoms with Crippen LogP contribution in [0.25, 0.3) is 0 Å². The minimum atomic E-state index is -4.59. The maximum Gasteiger partial charge on any atom is 0.417 e. The van der Waals surface area contributed by atoms with Gasteiger partial charge in [0.1, 0.15) is 5.75 Å². The van der Waals surface area contributed by atoms with E-state index >= 15 is 0 Å². The van der Waals surface area contributed by atoms with Crippen LogP contribution in [0.15, 0.2) is 42.5 Å². The van der Waals surface area contributed by atoms with E-state index in [1.807, 2.05) is 19.1 Å². The van der Waals surface area contributed by atoms with Gasteiger partial charge in [0.05, 0.1) is 24.3 Å². The highest BCUT2D eigenvalue weighted by Crippen LogP contribution is 2.32. The molecule has 0 spiro atoms. The maximum atomic E-state index is 13.0. The fraction of sp³-hybridized carbons (Fsp3) is 0.278. The van der Waals surface area contributed by atoms with Crippen LogP contribution in [0, 0.1) is 6.92 Å². The predicted molar refractivity (Wildman–Crippen MR) is 85.1 cm³/mol. The number of halogens is 3. The summed E-state index contributed by atoms with van der Waals surface area (Å²) in [5.41, 5.74) is 0.312. The Morgan fingerprint density at radius 1 is 1.17 bits per heavy atom. The summed E-state index contributed by atoms with van der Waals surface area (Å²) in [6.45, 7) is 3.59. The van der Waals surface area contributed by atoms with Crippen molar-refractivity contribution in [2.24, 2.45) is 0 Å². The van der Waals surface area contributed by atoms with Gasteiger partial charge in [-0.3, -0.25) is 4.79 Å². The van der Waals surface area contributed by atoms with E-state index in [0.29, 0.717) is 11.3 Å². The molecule has 0 aliphatic heterocycles. The molecule has 0 aliphatic carbocycles. The Kier molecular flexibility index (Phi) is 5.17. The number of ether oxygens (including phenoxy) is 1. The van der Waals surface area contributed by atoms with Gasteiger partial charge < -0.3 is 10.1 Å². The average molecular weight is 337 g/mol. The van der Waals surface area contributed by atoms with E-state index in [1.54, 1.807) is 13.0 Å². The molecule has 24 heavy (non-hydrogen) atoms. The Balaban J connectivity index is 2.29. The quantitative estimate of drug-likeness (QED) is 0.891. The van der Waals surface area contributed by atoms with Crippen molar-refractivity contribution in [2.45, 2.75) is 26.1 Å². The number of carbonyl (C=O) groups excluding carboxylic acids is 1. The van der Waals surface area contributed by atoms with Crippen LogP contribution in [-0.2, 0) is 6.18 Å². The molecule has 0 saturated heterocycles. The lowest BCUT2D eigenvalue weighted by molar-refractivity contribution is -0.137. The first-order valence-electron chi connectivity index (χ1n) is 7.35. The first-order chi connectivity index (χ1) is 11.2. The highest BCUT2D eigenvalue weighted by Gasteiger charge is 2.35. The van der Waals surface area contributed by atoms with E-state index in [4.69, 9.17) is 4.74 Å². The number of hydrogen-bond acceptors (Lipinski definition) is 2. The fourth-order valence-electron chi connectivity index (χ4n) is 2.47. The van der Waals surface area contributed by atoms with Crippen LogP contribution in [0.5, 0.6) is 5.75 Å². The molecule has 1 N–H and O–H groups in total.